The van der Waals surface area contributed by atoms with Crippen molar-refractivity contribution in [1.29, 1.82) is 0 Å². The summed E-state index contributed by atoms with van der Waals surface area (Å²) < 4.78 is 17.9. The van der Waals surface area contributed by atoms with Crippen LogP contribution in [0.15, 0.2) is 30.5 Å². The van der Waals surface area contributed by atoms with Crippen LogP contribution in [-0.4, -0.2) is 66.5 Å². The Morgan fingerprint density at radius 2 is 2.07 bits per heavy atom. The van der Waals surface area contributed by atoms with Crippen LogP contribution in [0.25, 0.3) is 10.9 Å². The lowest BCUT2D eigenvalue weighted by atomic mass is 9.83. The van der Waals surface area contributed by atoms with E-state index in [1.54, 1.807) is 0 Å². The van der Waals surface area contributed by atoms with Crippen molar-refractivity contribution in [3.05, 3.63) is 36.0 Å². The first-order valence-electron chi connectivity index (χ1n) is 11.2. The second-order valence-corrected chi connectivity index (χ2v) is 8.85. The summed E-state index contributed by atoms with van der Waals surface area (Å²) in [6, 6.07) is 8.14. The lowest BCUT2D eigenvalue weighted by molar-refractivity contribution is -0.163. The quantitative estimate of drug-likeness (QED) is 0.702. The van der Waals surface area contributed by atoms with Crippen LogP contribution in [-0.2, 0) is 25.4 Å². The van der Waals surface area contributed by atoms with Gasteiger partial charge in [0.05, 0.1) is 37.4 Å². The number of H-pyrrole nitrogens is 1. The Labute approximate surface area is 178 Å². The number of amides is 1. The fraction of sp³-hybridized carbons (Fsp3) is 0.625. The number of carbonyl (C=O) groups excluding carboxylic acids is 1. The Morgan fingerprint density at radius 1 is 1.27 bits per heavy atom. The van der Waals surface area contributed by atoms with E-state index >= 15 is 0 Å². The Kier molecular flexibility index (Phi) is 6.76. The molecule has 2 fully saturated rings. The summed E-state index contributed by atoms with van der Waals surface area (Å²) in [4.78, 5) is 18.2. The standard InChI is InChI=1S/C24H34N2O4/c1-18(2)28-13-14-29-20-7-12-30-24(16-20)8-10-26(11-9-24)23(27)15-19-17-25-22-6-4-3-5-21(19)22/h3-6,17-18,20,25H,7-16H2,1-2H3. The molecule has 3 heterocycles. The monoisotopic (exact) mass is 414 g/mol. The molecule has 0 aliphatic carbocycles. The summed E-state index contributed by atoms with van der Waals surface area (Å²) in [5.41, 5.74) is 2.01. The maximum Gasteiger partial charge on any atom is 0.227 e. The highest BCUT2D eigenvalue weighted by Gasteiger charge is 2.41. The second-order valence-electron chi connectivity index (χ2n) is 8.85. The van der Waals surface area contributed by atoms with Crippen LogP contribution >= 0.6 is 0 Å². The average molecular weight is 415 g/mol. The molecule has 4 rings (SSSR count). The van der Waals surface area contributed by atoms with Crippen molar-refractivity contribution in [1.82, 2.24) is 9.88 Å². The predicted molar refractivity (Wildman–Crippen MR) is 117 cm³/mol. The van der Waals surface area contributed by atoms with Gasteiger partial charge in [0.2, 0.25) is 5.91 Å². The summed E-state index contributed by atoms with van der Waals surface area (Å²) in [5.74, 6) is 0.198. The van der Waals surface area contributed by atoms with Crippen LogP contribution in [0.4, 0.5) is 0 Å². The zero-order valence-electron chi connectivity index (χ0n) is 18.2. The molecule has 2 aromatic rings. The highest BCUT2D eigenvalue weighted by molar-refractivity contribution is 5.88. The van der Waals surface area contributed by atoms with E-state index in [0.717, 1.165) is 61.8 Å². The van der Waals surface area contributed by atoms with Gasteiger partial charge in [0.15, 0.2) is 0 Å². The number of para-hydroxylation sites is 1. The van der Waals surface area contributed by atoms with Crippen LogP contribution < -0.4 is 0 Å². The summed E-state index contributed by atoms with van der Waals surface area (Å²) in [6.07, 6.45) is 6.49. The van der Waals surface area contributed by atoms with E-state index in [1.165, 1.54) is 0 Å². The first kappa shape index (κ1) is 21.3. The normalized spacial score (nSPS) is 21.6. The zero-order chi connectivity index (χ0) is 21.0. The zero-order valence-corrected chi connectivity index (χ0v) is 18.2. The molecule has 30 heavy (non-hydrogen) atoms. The molecule has 0 bridgehead atoms. The third-order valence-corrected chi connectivity index (χ3v) is 6.38. The average Bonchev–Trinajstić information content (AvgIpc) is 3.15. The van der Waals surface area contributed by atoms with Gasteiger partial charge in [-0.15, -0.1) is 0 Å². The van der Waals surface area contributed by atoms with Crippen LogP contribution in [0.5, 0.6) is 0 Å². The van der Waals surface area contributed by atoms with Crippen LogP contribution in [0.1, 0.15) is 45.1 Å². The Bertz CT molecular complexity index is 839. The third kappa shape index (κ3) is 5.05. The van der Waals surface area contributed by atoms with E-state index in [0.29, 0.717) is 19.6 Å². The lowest BCUT2D eigenvalue weighted by Gasteiger charge is -2.46. The SMILES string of the molecule is CC(C)OCCOC1CCOC2(CCN(C(=O)Cc3c[nH]c4ccccc34)CC2)C1. The molecule has 0 saturated carbocycles. The van der Waals surface area contributed by atoms with Gasteiger partial charge in [-0.1, -0.05) is 18.2 Å². The maximum atomic E-state index is 12.9. The van der Waals surface area contributed by atoms with Crippen molar-refractivity contribution >= 4 is 16.8 Å². The number of likely N-dealkylation sites (tertiary alicyclic amines) is 1. The molecule has 1 aromatic carbocycles. The molecule has 2 aliphatic heterocycles. The fourth-order valence-electron chi connectivity index (χ4n) is 4.69. The van der Waals surface area contributed by atoms with Crippen molar-refractivity contribution in [2.75, 3.05) is 32.9 Å². The number of piperidine rings is 1. The highest BCUT2D eigenvalue weighted by Crippen LogP contribution is 2.36. The van der Waals surface area contributed by atoms with E-state index in [-0.39, 0.29) is 23.7 Å². The minimum Gasteiger partial charge on any atom is -0.376 e. The number of hydrogen-bond donors (Lipinski definition) is 1. The van der Waals surface area contributed by atoms with Gasteiger partial charge < -0.3 is 24.1 Å². The molecule has 1 spiro atoms. The number of aromatic nitrogens is 1. The first-order chi connectivity index (χ1) is 14.5. The topological polar surface area (TPSA) is 63.8 Å². The van der Waals surface area contributed by atoms with Crippen molar-refractivity contribution in [2.45, 2.75) is 63.8 Å². The van der Waals surface area contributed by atoms with Gasteiger partial charge in [-0.2, -0.15) is 0 Å². The predicted octanol–water partition coefficient (Wildman–Crippen LogP) is 3.69. The molecular weight excluding hydrogens is 380 g/mol. The van der Waals surface area contributed by atoms with Crippen LogP contribution in [0.2, 0.25) is 0 Å². The number of hydrogen-bond acceptors (Lipinski definition) is 4. The number of nitrogens with zero attached hydrogens (tertiary/aromatic N) is 1. The third-order valence-electron chi connectivity index (χ3n) is 6.38. The second kappa shape index (κ2) is 9.50. The van der Waals surface area contributed by atoms with E-state index in [4.69, 9.17) is 14.2 Å². The molecule has 2 aliphatic rings. The summed E-state index contributed by atoms with van der Waals surface area (Å²) in [6.45, 7) is 7.59. The fourth-order valence-corrected chi connectivity index (χ4v) is 4.69. The van der Waals surface area contributed by atoms with Gasteiger partial charge in [0.25, 0.3) is 0 Å². The van der Waals surface area contributed by atoms with Crippen molar-refractivity contribution in [3.63, 3.8) is 0 Å². The smallest absolute Gasteiger partial charge is 0.227 e. The Hall–Kier alpha value is -1.89. The number of aromatic amines is 1. The number of fused-ring (bicyclic) bond motifs is 1. The largest absolute Gasteiger partial charge is 0.376 e. The van der Waals surface area contributed by atoms with Crippen LogP contribution in [0, 0.1) is 0 Å². The van der Waals surface area contributed by atoms with Gasteiger partial charge in [-0.25, -0.2) is 0 Å². The number of rotatable bonds is 7. The van der Waals surface area contributed by atoms with Crippen LogP contribution in [0.3, 0.4) is 0 Å². The minimum absolute atomic E-state index is 0.140. The van der Waals surface area contributed by atoms with Crippen molar-refractivity contribution in [3.8, 4) is 0 Å². The first-order valence-corrected chi connectivity index (χ1v) is 11.2. The summed E-state index contributed by atoms with van der Waals surface area (Å²) in [7, 11) is 0. The molecule has 1 aromatic heterocycles. The molecule has 6 heteroatoms. The number of carbonyl (C=O) groups is 1. The number of ether oxygens (including phenoxy) is 3. The van der Waals surface area contributed by atoms with E-state index < -0.39 is 0 Å². The molecule has 1 amide bonds. The minimum atomic E-state index is -0.140. The molecule has 0 radical (unpaired) electrons. The van der Waals surface area contributed by atoms with Crippen molar-refractivity contribution in [2.24, 2.45) is 0 Å². The van der Waals surface area contributed by atoms with Gasteiger partial charge >= 0.3 is 0 Å². The lowest BCUT2D eigenvalue weighted by Crippen LogP contribution is -2.52. The highest BCUT2D eigenvalue weighted by atomic mass is 16.5. The molecule has 164 valence electrons. The van der Waals surface area contributed by atoms with Gasteiger partial charge in [-0.05, 0) is 44.7 Å². The van der Waals surface area contributed by atoms with E-state index in [9.17, 15) is 4.79 Å². The van der Waals surface area contributed by atoms with E-state index in [1.807, 2.05) is 43.1 Å². The molecule has 1 N–H and O–H groups in total. The Morgan fingerprint density at radius 3 is 2.87 bits per heavy atom. The molecule has 2 saturated heterocycles. The molecule has 1 atom stereocenters. The number of benzene rings is 1. The van der Waals surface area contributed by atoms with Crippen molar-refractivity contribution < 1.29 is 19.0 Å². The summed E-state index contributed by atoms with van der Waals surface area (Å²) in [5, 5.41) is 1.14. The van der Waals surface area contributed by atoms with Gasteiger partial charge in [0, 0.05) is 43.2 Å². The molecule has 1 unspecified atom stereocenters. The molecular formula is C24H34N2O4. The van der Waals surface area contributed by atoms with Gasteiger partial charge in [0.1, 0.15) is 0 Å². The maximum absolute atomic E-state index is 12.9. The Balaban J connectivity index is 1.27. The molecule has 6 nitrogen and oxygen atoms in total. The van der Waals surface area contributed by atoms with E-state index in [2.05, 4.69) is 11.1 Å². The van der Waals surface area contributed by atoms with Gasteiger partial charge in [-0.3, -0.25) is 4.79 Å². The number of nitrogens with one attached hydrogen (secondary N) is 1. The summed E-state index contributed by atoms with van der Waals surface area (Å²) >= 11 is 0.